The van der Waals surface area contributed by atoms with Crippen LogP contribution in [-0.2, 0) is 6.54 Å². The first kappa shape index (κ1) is 15.9. The first-order chi connectivity index (χ1) is 10.0. The van der Waals surface area contributed by atoms with E-state index in [4.69, 9.17) is 4.74 Å². The molecule has 0 unspecified atom stereocenters. The van der Waals surface area contributed by atoms with E-state index in [1.807, 2.05) is 37.4 Å². The van der Waals surface area contributed by atoms with Crippen LogP contribution in [0.1, 0.15) is 24.2 Å². The zero-order valence-corrected chi connectivity index (χ0v) is 14.1. The van der Waals surface area contributed by atoms with E-state index in [1.54, 1.807) is 14.0 Å². The summed E-state index contributed by atoms with van der Waals surface area (Å²) in [4.78, 5) is 2.12. The molecule has 112 valence electrons. The van der Waals surface area contributed by atoms with E-state index in [0.717, 1.165) is 22.3 Å². The molecule has 0 amide bonds. The number of aliphatic hydroxyl groups excluding tert-OH is 1. The second-order valence-corrected chi connectivity index (χ2v) is 5.97. The second-order valence-electron chi connectivity index (χ2n) is 5.05. The molecule has 0 aliphatic rings. The first-order valence-corrected chi connectivity index (χ1v) is 7.62. The van der Waals surface area contributed by atoms with Crippen LogP contribution in [0.15, 0.2) is 46.9 Å². The molecule has 2 rings (SSSR count). The molecule has 0 radical (unpaired) electrons. The Morgan fingerprint density at radius 1 is 1.19 bits per heavy atom. The molecule has 0 spiro atoms. The van der Waals surface area contributed by atoms with Gasteiger partial charge in [-0.1, -0.05) is 34.1 Å². The van der Waals surface area contributed by atoms with Gasteiger partial charge in [-0.25, -0.2) is 0 Å². The molecule has 0 saturated heterocycles. The second kappa shape index (κ2) is 6.96. The topological polar surface area (TPSA) is 32.7 Å². The third-order valence-electron chi connectivity index (χ3n) is 3.43. The van der Waals surface area contributed by atoms with Crippen LogP contribution in [0, 0.1) is 0 Å². The Hall–Kier alpha value is -1.52. The minimum Gasteiger partial charge on any atom is -0.496 e. The molecule has 1 atom stereocenters. The fourth-order valence-corrected chi connectivity index (χ4v) is 2.68. The van der Waals surface area contributed by atoms with Crippen molar-refractivity contribution in [2.75, 3.05) is 19.1 Å². The van der Waals surface area contributed by atoms with E-state index in [1.165, 1.54) is 5.56 Å². The molecule has 21 heavy (non-hydrogen) atoms. The molecule has 0 aliphatic heterocycles. The highest BCUT2D eigenvalue weighted by Crippen LogP contribution is 2.34. The van der Waals surface area contributed by atoms with Gasteiger partial charge in [0.05, 0.1) is 13.2 Å². The van der Waals surface area contributed by atoms with Crippen molar-refractivity contribution in [3.05, 3.63) is 58.1 Å². The molecule has 0 aliphatic carbocycles. The summed E-state index contributed by atoms with van der Waals surface area (Å²) in [6.45, 7) is 2.52. The van der Waals surface area contributed by atoms with Gasteiger partial charge in [0.1, 0.15) is 5.75 Å². The number of hydrogen-bond acceptors (Lipinski definition) is 3. The highest BCUT2D eigenvalue weighted by molar-refractivity contribution is 9.10. The number of aliphatic hydroxyl groups is 1. The summed E-state index contributed by atoms with van der Waals surface area (Å²) in [5.74, 6) is 0.713. The molecule has 0 aromatic heterocycles. The molecule has 0 bridgehead atoms. The average molecular weight is 350 g/mol. The van der Waals surface area contributed by atoms with E-state index in [2.05, 4.69) is 33.0 Å². The normalized spacial score (nSPS) is 12.0. The van der Waals surface area contributed by atoms with E-state index in [9.17, 15) is 5.11 Å². The monoisotopic (exact) mass is 349 g/mol. The van der Waals surface area contributed by atoms with Gasteiger partial charge < -0.3 is 14.7 Å². The standard InChI is InChI=1S/C17H20BrNO2/c1-12(20)17-15(5-4-6-16(17)21-3)19(2)11-13-7-9-14(18)10-8-13/h4-10,12,20H,11H2,1-3H3/t12-/m1/s1. The summed E-state index contributed by atoms with van der Waals surface area (Å²) in [6.07, 6.45) is -0.580. The zero-order chi connectivity index (χ0) is 15.4. The van der Waals surface area contributed by atoms with E-state index in [-0.39, 0.29) is 0 Å². The molecule has 2 aromatic carbocycles. The minimum absolute atomic E-state index is 0.580. The van der Waals surface area contributed by atoms with Gasteiger partial charge in [0, 0.05) is 29.3 Å². The lowest BCUT2D eigenvalue weighted by molar-refractivity contribution is 0.194. The van der Waals surface area contributed by atoms with E-state index in [0.29, 0.717) is 5.75 Å². The SMILES string of the molecule is COc1cccc(N(C)Cc2ccc(Br)cc2)c1[C@@H](C)O. The number of halogens is 1. The Morgan fingerprint density at radius 2 is 1.86 bits per heavy atom. The molecule has 3 nitrogen and oxygen atoms in total. The van der Waals surface area contributed by atoms with Crippen molar-refractivity contribution in [3.8, 4) is 5.75 Å². The van der Waals surface area contributed by atoms with Gasteiger partial charge in [-0.05, 0) is 36.8 Å². The average Bonchev–Trinajstić information content (AvgIpc) is 2.48. The molecule has 1 N–H and O–H groups in total. The summed E-state index contributed by atoms with van der Waals surface area (Å²) >= 11 is 3.44. The fourth-order valence-electron chi connectivity index (χ4n) is 2.41. The summed E-state index contributed by atoms with van der Waals surface area (Å²) in [5, 5.41) is 10.1. The number of benzene rings is 2. The van der Waals surface area contributed by atoms with Crippen molar-refractivity contribution in [1.29, 1.82) is 0 Å². The highest BCUT2D eigenvalue weighted by Gasteiger charge is 2.16. The van der Waals surface area contributed by atoms with Crippen LogP contribution in [0.3, 0.4) is 0 Å². The number of hydrogen-bond donors (Lipinski definition) is 1. The number of anilines is 1. The summed E-state index contributed by atoms with van der Waals surface area (Å²) < 4.78 is 6.44. The van der Waals surface area contributed by atoms with Crippen LogP contribution in [0.4, 0.5) is 5.69 Å². The van der Waals surface area contributed by atoms with Crippen molar-refractivity contribution in [2.24, 2.45) is 0 Å². The maximum absolute atomic E-state index is 10.1. The van der Waals surface area contributed by atoms with Crippen LogP contribution in [-0.4, -0.2) is 19.3 Å². The zero-order valence-electron chi connectivity index (χ0n) is 12.5. The van der Waals surface area contributed by atoms with Gasteiger partial charge in [0.2, 0.25) is 0 Å². The van der Waals surface area contributed by atoms with Gasteiger partial charge in [-0.2, -0.15) is 0 Å². The quantitative estimate of drug-likeness (QED) is 0.880. The Morgan fingerprint density at radius 3 is 2.43 bits per heavy atom. The lowest BCUT2D eigenvalue weighted by Crippen LogP contribution is -2.19. The van der Waals surface area contributed by atoms with Gasteiger partial charge in [0.15, 0.2) is 0 Å². The van der Waals surface area contributed by atoms with Crippen LogP contribution in [0.5, 0.6) is 5.75 Å². The Balaban J connectivity index is 2.30. The molecule has 0 saturated carbocycles. The van der Waals surface area contributed by atoms with Crippen LogP contribution in [0.25, 0.3) is 0 Å². The summed E-state index contributed by atoms with van der Waals surface area (Å²) in [6, 6.07) is 14.1. The molecule has 4 heteroatoms. The van der Waals surface area contributed by atoms with E-state index >= 15 is 0 Å². The summed E-state index contributed by atoms with van der Waals surface area (Å²) in [5.41, 5.74) is 3.01. The van der Waals surface area contributed by atoms with E-state index < -0.39 is 6.10 Å². The van der Waals surface area contributed by atoms with Crippen molar-refractivity contribution in [3.63, 3.8) is 0 Å². The van der Waals surface area contributed by atoms with Crippen LogP contribution >= 0.6 is 15.9 Å². The fraction of sp³-hybridized carbons (Fsp3) is 0.294. The largest absolute Gasteiger partial charge is 0.496 e. The number of ether oxygens (including phenoxy) is 1. The molecule has 0 fully saturated rings. The lowest BCUT2D eigenvalue weighted by atomic mass is 10.1. The number of methoxy groups -OCH3 is 1. The Labute approximate surface area is 134 Å². The number of nitrogens with zero attached hydrogens (tertiary/aromatic N) is 1. The van der Waals surface area contributed by atoms with Crippen molar-refractivity contribution >= 4 is 21.6 Å². The minimum atomic E-state index is -0.580. The Kier molecular flexibility index (Phi) is 5.26. The van der Waals surface area contributed by atoms with Gasteiger partial charge in [-0.15, -0.1) is 0 Å². The third-order valence-corrected chi connectivity index (χ3v) is 3.95. The van der Waals surface area contributed by atoms with Crippen molar-refractivity contribution in [2.45, 2.75) is 19.6 Å². The number of rotatable bonds is 5. The van der Waals surface area contributed by atoms with Crippen LogP contribution < -0.4 is 9.64 Å². The third kappa shape index (κ3) is 3.77. The predicted octanol–water partition coefficient (Wildman–Crippen LogP) is 4.15. The maximum Gasteiger partial charge on any atom is 0.126 e. The molecule has 2 aromatic rings. The van der Waals surface area contributed by atoms with Gasteiger partial charge >= 0.3 is 0 Å². The highest BCUT2D eigenvalue weighted by atomic mass is 79.9. The summed E-state index contributed by atoms with van der Waals surface area (Å²) in [7, 11) is 3.64. The lowest BCUT2D eigenvalue weighted by Gasteiger charge is -2.25. The Bertz CT molecular complexity index is 596. The van der Waals surface area contributed by atoms with Crippen LogP contribution in [0.2, 0.25) is 0 Å². The first-order valence-electron chi connectivity index (χ1n) is 6.83. The smallest absolute Gasteiger partial charge is 0.126 e. The van der Waals surface area contributed by atoms with Crippen molar-refractivity contribution < 1.29 is 9.84 Å². The van der Waals surface area contributed by atoms with Gasteiger partial charge in [0.25, 0.3) is 0 Å². The van der Waals surface area contributed by atoms with Gasteiger partial charge in [-0.3, -0.25) is 0 Å². The van der Waals surface area contributed by atoms with Crippen molar-refractivity contribution in [1.82, 2.24) is 0 Å². The molecule has 0 heterocycles. The maximum atomic E-state index is 10.1. The molecular weight excluding hydrogens is 330 g/mol. The molecular formula is C17H20BrNO2. The predicted molar refractivity (Wildman–Crippen MR) is 89.9 cm³/mol.